The topological polar surface area (TPSA) is 72.5 Å². The van der Waals surface area contributed by atoms with Gasteiger partial charge in [-0.2, -0.15) is 0 Å². The highest BCUT2D eigenvalue weighted by Gasteiger charge is 2.17. The maximum atomic E-state index is 12.6. The van der Waals surface area contributed by atoms with Gasteiger partial charge in [0, 0.05) is 12.1 Å². The zero-order valence-corrected chi connectivity index (χ0v) is 22.1. The van der Waals surface area contributed by atoms with Crippen LogP contribution in [0.4, 0.5) is 0 Å². The zero-order chi connectivity index (χ0) is 27.0. The minimum absolute atomic E-state index is 0.0478. The Bertz CT molecular complexity index is 1560. The number of sulfonamides is 1. The van der Waals surface area contributed by atoms with Crippen molar-refractivity contribution in [2.24, 2.45) is 0 Å². The van der Waals surface area contributed by atoms with Gasteiger partial charge in [-0.1, -0.05) is 97.9 Å². The Balaban J connectivity index is 1.58. The Hall–Kier alpha value is -4.42. The summed E-state index contributed by atoms with van der Waals surface area (Å²) >= 11 is 0. The molecular formula is C32H29NO4S. The molecule has 0 fully saturated rings. The summed E-state index contributed by atoms with van der Waals surface area (Å²) in [6, 6.07) is 34.4. The third-order valence-corrected chi connectivity index (χ3v) is 7.40. The number of nitrogens with one attached hydrogen (secondary N) is 1. The number of allylic oxidation sites excluding steroid dienone is 1. The molecule has 1 amide bonds. The molecule has 0 aliphatic heterocycles. The molecule has 38 heavy (non-hydrogen) atoms. The number of hydrogen-bond acceptors (Lipinski definition) is 4. The van der Waals surface area contributed by atoms with Crippen molar-refractivity contribution in [2.45, 2.75) is 18.2 Å². The molecule has 192 valence electrons. The first-order valence-corrected chi connectivity index (χ1v) is 13.7. The molecule has 0 atom stereocenters. The highest BCUT2D eigenvalue weighted by Crippen LogP contribution is 2.34. The SMILES string of the molecule is CC/C(=C(\c1ccccc1)c1ccc(/C=C/C(=O)NS(=O)(=O)c2cccc(OC)c2)cc1)c1ccccc1. The first-order chi connectivity index (χ1) is 18.4. The fourth-order valence-corrected chi connectivity index (χ4v) is 5.19. The van der Waals surface area contributed by atoms with E-state index in [2.05, 4.69) is 35.9 Å². The lowest BCUT2D eigenvalue weighted by Crippen LogP contribution is -2.28. The van der Waals surface area contributed by atoms with Gasteiger partial charge in [0.15, 0.2) is 0 Å². The highest BCUT2D eigenvalue weighted by molar-refractivity contribution is 7.90. The summed E-state index contributed by atoms with van der Waals surface area (Å²) in [6.07, 6.45) is 3.66. The van der Waals surface area contributed by atoms with Crippen molar-refractivity contribution in [2.75, 3.05) is 7.11 Å². The molecular weight excluding hydrogens is 494 g/mol. The molecule has 0 heterocycles. The number of amides is 1. The Kier molecular flexibility index (Phi) is 8.56. The van der Waals surface area contributed by atoms with Gasteiger partial charge in [0.2, 0.25) is 0 Å². The van der Waals surface area contributed by atoms with E-state index in [-0.39, 0.29) is 4.90 Å². The highest BCUT2D eigenvalue weighted by atomic mass is 32.2. The van der Waals surface area contributed by atoms with E-state index in [1.54, 1.807) is 18.2 Å². The molecule has 4 rings (SSSR count). The third-order valence-electron chi connectivity index (χ3n) is 6.05. The van der Waals surface area contributed by atoms with Crippen LogP contribution in [0, 0.1) is 0 Å². The largest absolute Gasteiger partial charge is 0.497 e. The molecule has 0 bridgehead atoms. The quantitative estimate of drug-likeness (QED) is 0.199. The molecule has 0 saturated heterocycles. The van der Waals surface area contributed by atoms with Crippen molar-refractivity contribution in [3.63, 3.8) is 0 Å². The predicted octanol–water partition coefficient (Wildman–Crippen LogP) is 6.58. The number of carbonyl (C=O) groups excluding carboxylic acids is 1. The molecule has 0 aromatic heterocycles. The van der Waals surface area contributed by atoms with Crippen LogP contribution in [0.15, 0.2) is 120 Å². The second-order valence-corrected chi connectivity index (χ2v) is 10.2. The van der Waals surface area contributed by atoms with Crippen molar-refractivity contribution in [3.8, 4) is 5.75 Å². The molecule has 0 aliphatic carbocycles. The van der Waals surface area contributed by atoms with Crippen LogP contribution in [-0.4, -0.2) is 21.4 Å². The maximum absolute atomic E-state index is 12.6. The van der Waals surface area contributed by atoms with E-state index in [1.807, 2.05) is 60.7 Å². The summed E-state index contributed by atoms with van der Waals surface area (Å²) in [5, 5.41) is 0. The van der Waals surface area contributed by atoms with E-state index < -0.39 is 15.9 Å². The number of methoxy groups -OCH3 is 1. The fourth-order valence-electron chi connectivity index (χ4n) is 4.21. The van der Waals surface area contributed by atoms with Crippen molar-refractivity contribution >= 4 is 33.2 Å². The van der Waals surface area contributed by atoms with Crippen LogP contribution in [0.5, 0.6) is 5.75 Å². The predicted molar refractivity (Wildman–Crippen MR) is 153 cm³/mol. The third kappa shape index (κ3) is 6.47. The molecule has 0 aliphatic rings. The molecule has 4 aromatic carbocycles. The summed E-state index contributed by atoms with van der Waals surface area (Å²) in [7, 11) is -2.57. The maximum Gasteiger partial charge on any atom is 0.264 e. The lowest BCUT2D eigenvalue weighted by Gasteiger charge is -2.16. The van der Waals surface area contributed by atoms with Gasteiger partial charge < -0.3 is 4.74 Å². The number of ether oxygens (including phenoxy) is 1. The van der Waals surface area contributed by atoms with Crippen molar-refractivity contribution in [1.29, 1.82) is 0 Å². The summed E-state index contributed by atoms with van der Waals surface area (Å²) in [6.45, 7) is 2.15. The van der Waals surface area contributed by atoms with Crippen LogP contribution in [0.2, 0.25) is 0 Å². The lowest BCUT2D eigenvalue weighted by atomic mass is 9.88. The lowest BCUT2D eigenvalue weighted by molar-refractivity contribution is -0.114. The van der Waals surface area contributed by atoms with E-state index in [1.165, 1.54) is 36.5 Å². The molecule has 0 unspecified atom stereocenters. The van der Waals surface area contributed by atoms with E-state index in [4.69, 9.17) is 4.74 Å². The second kappa shape index (κ2) is 12.2. The Morgan fingerprint density at radius 2 is 1.39 bits per heavy atom. The molecule has 4 aromatic rings. The van der Waals surface area contributed by atoms with Gasteiger partial charge in [0.05, 0.1) is 12.0 Å². The van der Waals surface area contributed by atoms with Gasteiger partial charge >= 0.3 is 0 Å². The first-order valence-electron chi connectivity index (χ1n) is 12.2. The van der Waals surface area contributed by atoms with Gasteiger partial charge in [-0.05, 0) is 58.0 Å². The van der Waals surface area contributed by atoms with Crippen LogP contribution >= 0.6 is 0 Å². The zero-order valence-electron chi connectivity index (χ0n) is 21.3. The molecule has 0 spiro atoms. The second-order valence-electron chi connectivity index (χ2n) is 8.54. The average molecular weight is 524 g/mol. The van der Waals surface area contributed by atoms with E-state index in [0.29, 0.717) is 5.75 Å². The number of hydrogen-bond donors (Lipinski definition) is 1. The van der Waals surface area contributed by atoms with Gasteiger partial charge in [-0.15, -0.1) is 0 Å². The summed E-state index contributed by atoms with van der Waals surface area (Å²) in [4.78, 5) is 12.3. The smallest absolute Gasteiger partial charge is 0.264 e. The Morgan fingerprint density at radius 1 is 0.789 bits per heavy atom. The molecule has 6 heteroatoms. The average Bonchev–Trinajstić information content (AvgIpc) is 2.96. The Morgan fingerprint density at radius 3 is 2.00 bits per heavy atom. The summed E-state index contributed by atoms with van der Waals surface area (Å²) < 4.78 is 32.3. The minimum Gasteiger partial charge on any atom is -0.497 e. The molecule has 0 radical (unpaired) electrons. The summed E-state index contributed by atoms with van der Waals surface area (Å²) in [5.74, 6) is -0.350. The van der Waals surface area contributed by atoms with Gasteiger partial charge in [-0.3, -0.25) is 4.79 Å². The van der Waals surface area contributed by atoms with Crippen molar-refractivity contribution in [3.05, 3.63) is 138 Å². The van der Waals surface area contributed by atoms with Crippen LogP contribution in [0.25, 0.3) is 17.2 Å². The van der Waals surface area contributed by atoms with Crippen LogP contribution in [0.1, 0.15) is 35.6 Å². The van der Waals surface area contributed by atoms with Crippen LogP contribution < -0.4 is 9.46 Å². The van der Waals surface area contributed by atoms with E-state index in [0.717, 1.165) is 28.7 Å². The van der Waals surface area contributed by atoms with Crippen LogP contribution in [0.3, 0.4) is 0 Å². The number of carbonyl (C=O) groups is 1. The number of rotatable bonds is 9. The van der Waals surface area contributed by atoms with Gasteiger partial charge in [0.1, 0.15) is 5.75 Å². The molecule has 0 saturated carbocycles. The van der Waals surface area contributed by atoms with Gasteiger partial charge in [0.25, 0.3) is 15.9 Å². The standard InChI is InChI=1S/C32H29NO4S/c1-3-30(25-11-6-4-7-12-25)32(26-13-8-5-9-14-26)27-20-17-24(18-21-27)19-22-31(34)33-38(35,36)29-16-10-15-28(23-29)37-2/h4-23H,3H2,1-2H3,(H,33,34)/b22-19+,32-30-. The van der Waals surface area contributed by atoms with Gasteiger partial charge in [-0.25, -0.2) is 13.1 Å². The monoisotopic (exact) mass is 523 g/mol. The van der Waals surface area contributed by atoms with E-state index in [9.17, 15) is 13.2 Å². The Labute approximate surface area is 224 Å². The summed E-state index contributed by atoms with van der Waals surface area (Å²) in [5.41, 5.74) is 6.51. The van der Waals surface area contributed by atoms with Crippen molar-refractivity contribution in [1.82, 2.24) is 4.72 Å². The first kappa shape index (κ1) is 26.6. The molecule has 1 N–H and O–H groups in total. The fraction of sp³-hybridized carbons (Fsp3) is 0.0938. The van der Waals surface area contributed by atoms with E-state index >= 15 is 0 Å². The normalized spacial score (nSPS) is 12.2. The van der Waals surface area contributed by atoms with Crippen LogP contribution in [-0.2, 0) is 14.8 Å². The minimum atomic E-state index is -4.02. The molecule has 5 nitrogen and oxygen atoms in total. The van der Waals surface area contributed by atoms with Crippen molar-refractivity contribution < 1.29 is 17.9 Å². The number of benzene rings is 4.